The Hall–Kier alpha value is -1.93. The van der Waals surface area contributed by atoms with Gasteiger partial charge in [-0.2, -0.15) is 13.2 Å². The predicted octanol–water partition coefficient (Wildman–Crippen LogP) is 3.22. The molecule has 4 nitrogen and oxygen atoms in total. The number of hydrogen-bond donors (Lipinski definition) is 0. The molecule has 1 heterocycles. The Bertz CT molecular complexity index is 502. The molecular formula is C11H10F5NO3. The number of ether oxygens (including phenoxy) is 2. The van der Waals surface area contributed by atoms with E-state index >= 15 is 0 Å². The second kappa shape index (κ2) is 6.02. The number of alkyl halides is 5. The van der Waals surface area contributed by atoms with Gasteiger partial charge in [-0.3, -0.25) is 4.98 Å². The summed E-state index contributed by atoms with van der Waals surface area (Å²) in [6.07, 6.45) is -7.94. The first-order valence-corrected chi connectivity index (χ1v) is 5.33. The Morgan fingerprint density at radius 1 is 1.40 bits per heavy atom. The lowest BCUT2D eigenvalue weighted by Crippen LogP contribution is -2.18. The first-order chi connectivity index (χ1) is 9.23. The molecule has 0 aromatic carbocycles. The van der Waals surface area contributed by atoms with Crippen LogP contribution in [-0.4, -0.2) is 24.7 Å². The number of carbonyl (C=O) groups excluding carboxylic acids is 1. The zero-order valence-electron chi connectivity index (χ0n) is 10.4. The maximum atomic E-state index is 13.0. The molecule has 0 N–H and O–H groups in total. The second-order valence-corrected chi connectivity index (χ2v) is 3.48. The molecule has 0 saturated heterocycles. The summed E-state index contributed by atoms with van der Waals surface area (Å²) in [5.74, 6) is -2.50. The highest BCUT2D eigenvalue weighted by Gasteiger charge is 2.42. The quantitative estimate of drug-likeness (QED) is 0.632. The Morgan fingerprint density at radius 2 is 2.00 bits per heavy atom. The van der Waals surface area contributed by atoms with Gasteiger partial charge in [0.1, 0.15) is 11.3 Å². The van der Waals surface area contributed by atoms with Crippen LogP contribution >= 0.6 is 0 Å². The zero-order chi connectivity index (χ0) is 15.5. The van der Waals surface area contributed by atoms with Crippen LogP contribution < -0.4 is 4.74 Å². The van der Waals surface area contributed by atoms with E-state index in [0.717, 1.165) is 7.11 Å². The third-order valence-corrected chi connectivity index (χ3v) is 2.25. The molecule has 9 heteroatoms. The van der Waals surface area contributed by atoms with Crippen LogP contribution in [0, 0.1) is 0 Å². The average Bonchev–Trinajstić information content (AvgIpc) is 2.35. The summed E-state index contributed by atoms with van der Waals surface area (Å²) in [6.45, 7) is 1.22. The highest BCUT2D eigenvalue weighted by atomic mass is 19.4. The van der Waals surface area contributed by atoms with Crippen LogP contribution in [0.4, 0.5) is 22.0 Å². The molecule has 0 aliphatic carbocycles. The topological polar surface area (TPSA) is 48.4 Å². The minimum atomic E-state index is -5.07. The van der Waals surface area contributed by atoms with Crippen LogP contribution in [0.15, 0.2) is 6.20 Å². The van der Waals surface area contributed by atoms with E-state index in [-0.39, 0.29) is 6.61 Å². The Morgan fingerprint density at radius 3 is 2.40 bits per heavy atom. The molecule has 0 radical (unpaired) electrons. The summed E-state index contributed by atoms with van der Waals surface area (Å²) in [6, 6.07) is 0. The van der Waals surface area contributed by atoms with Crippen molar-refractivity contribution < 1.29 is 36.2 Å². The summed E-state index contributed by atoms with van der Waals surface area (Å²) < 4.78 is 73.0. The van der Waals surface area contributed by atoms with E-state index < -0.39 is 41.1 Å². The maximum absolute atomic E-state index is 13.0. The number of nitrogens with zero attached hydrogens (tertiary/aromatic N) is 1. The van der Waals surface area contributed by atoms with E-state index in [1.54, 1.807) is 0 Å². The molecule has 1 aromatic heterocycles. The Labute approximate surface area is 110 Å². The predicted molar refractivity (Wildman–Crippen MR) is 56.7 cm³/mol. The average molecular weight is 299 g/mol. The first kappa shape index (κ1) is 16.1. The largest absolute Gasteiger partial charge is 0.494 e. The van der Waals surface area contributed by atoms with Crippen molar-refractivity contribution >= 4 is 5.97 Å². The summed E-state index contributed by atoms with van der Waals surface area (Å²) in [5, 5.41) is 0. The fourth-order valence-corrected chi connectivity index (χ4v) is 1.51. The molecule has 112 valence electrons. The van der Waals surface area contributed by atoms with E-state index in [1.165, 1.54) is 6.92 Å². The van der Waals surface area contributed by atoms with Gasteiger partial charge in [-0.05, 0) is 6.92 Å². The van der Waals surface area contributed by atoms with Gasteiger partial charge in [0.05, 0.1) is 19.3 Å². The number of methoxy groups -OCH3 is 1. The highest BCUT2D eigenvalue weighted by molar-refractivity contribution is 5.92. The molecule has 0 aliphatic heterocycles. The molecule has 0 unspecified atom stereocenters. The summed E-state index contributed by atoms with van der Waals surface area (Å²) >= 11 is 0. The number of esters is 1. The van der Waals surface area contributed by atoms with Crippen LogP contribution in [0.3, 0.4) is 0 Å². The van der Waals surface area contributed by atoms with Gasteiger partial charge in [-0.1, -0.05) is 0 Å². The van der Waals surface area contributed by atoms with Crippen molar-refractivity contribution in [3.05, 3.63) is 23.0 Å². The third kappa shape index (κ3) is 3.14. The normalized spacial score (nSPS) is 11.6. The highest BCUT2D eigenvalue weighted by Crippen LogP contribution is 2.42. The standard InChI is InChI=1S/C11H10F5NO3/c1-3-20-10(18)5-4-17-7(9(12)13)8(19-2)6(5)11(14,15)16/h4,9H,3H2,1-2H3. The van der Waals surface area contributed by atoms with Gasteiger partial charge in [-0.15, -0.1) is 0 Å². The fourth-order valence-electron chi connectivity index (χ4n) is 1.51. The number of pyridine rings is 1. The monoisotopic (exact) mass is 299 g/mol. The summed E-state index contributed by atoms with van der Waals surface area (Å²) in [7, 11) is 0.785. The molecule has 20 heavy (non-hydrogen) atoms. The molecule has 0 fully saturated rings. The molecule has 0 saturated carbocycles. The number of carbonyl (C=O) groups is 1. The van der Waals surface area contributed by atoms with Gasteiger partial charge < -0.3 is 9.47 Å². The fraction of sp³-hybridized carbons (Fsp3) is 0.455. The molecular weight excluding hydrogens is 289 g/mol. The summed E-state index contributed by atoms with van der Waals surface area (Å²) in [4.78, 5) is 14.6. The van der Waals surface area contributed by atoms with E-state index in [4.69, 9.17) is 0 Å². The molecule has 0 atom stereocenters. The van der Waals surface area contributed by atoms with Crippen molar-refractivity contribution in [3.8, 4) is 5.75 Å². The van der Waals surface area contributed by atoms with Crippen LogP contribution in [0.5, 0.6) is 5.75 Å². The van der Waals surface area contributed by atoms with Gasteiger partial charge in [0.2, 0.25) is 0 Å². The second-order valence-electron chi connectivity index (χ2n) is 3.48. The van der Waals surface area contributed by atoms with Crippen molar-refractivity contribution in [3.63, 3.8) is 0 Å². The van der Waals surface area contributed by atoms with Crippen LogP contribution in [0.2, 0.25) is 0 Å². The zero-order valence-corrected chi connectivity index (χ0v) is 10.4. The van der Waals surface area contributed by atoms with E-state index in [9.17, 15) is 26.7 Å². The lowest BCUT2D eigenvalue weighted by Gasteiger charge is -2.17. The number of aromatic nitrogens is 1. The van der Waals surface area contributed by atoms with Gasteiger partial charge in [0.15, 0.2) is 5.75 Å². The minimum absolute atomic E-state index is 0.172. The molecule has 1 aromatic rings. The van der Waals surface area contributed by atoms with Gasteiger partial charge in [0.25, 0.3) is 6.43 Å². The molecule has 0 spiro atoms. The van der Waals surface area contributed by atoms with E-state index in [1.807, 2.05) is 0 Å². The molecule has 0 bridgehead atoms. The lowest BCUT2D eigenvalue weighted by molar-refractivity contribution is -0.139. The Kier molecular flexibility index (Phi) is 4.85. The third-order valence-electron chi connectivity index (χ3n) is 2.25. The smallest absolute Gasteiger partial charge is 0.420 e. The first-order valence-electron chi connectivity index (χ1n) is 5.33. The Balaban J connectivity index is 3.58. The SMILES string of the molecule is CCOC(=O)c1cnc(C(F)F)c(OC)c1C(F)(F)F. The van der Waals surface area contributed by atoms with Crippen LogP contribution in [0.25, 0.3) is 0 Å². The van der Waals surface area contributed by atoms with E-state index in [2.05, 4.69) is 14.5 Å². The maximum Gasteiger partial charge on any atom is 0.420 e. The van der Waals surface area contributed by atoms with Crippen molar-refractivity contribution in [2.75, 3.05) is 13.7 Å². The van der Waals surface area contributed by atoms with Crippen molar-refractivity contribution in [1.29, 1.82) is 0 Å². The van der Waals surface area contributed by atoms with E-state index in [0.29, 0.717) is 6.20 Å². The molecule has 1 rings (SSSR count). The van der Waals surface area contributed by atoms with Crippen molar-refractivity contribution in [1.82, 2.24) is 4.98 Å². The number of hydrogen-bond acceptors (Lipinski definition) is 4. The van der Waals surface area contributed by atoms with Crippen LogP contribution in [0.1, 0.15) is 35.0 Å². The van der Waals surface area contributed by atoms with Crippen molar-refractivity contribution in [2.45, 2.75) is 19.5 Å². The van der Waals surface area contributed by atoms with Crippen LogP contribution in [-0.2, 0) is 10.9 Å². The number of halogens is 5. The lowest BCUT2D eigenvalue weighted by atomic mass is 10.1. The summed E-state index contributed by atoms with van der Waals surface area (Å²) in [5.41, 5.74) is -3.78. The van der Waals surface area contributed by atoms with Gasteiger partial charge in [-0.25, -0.2) is 13.6 Å². The minimum Gasteiger partial charge on any atom is -0.494 e. The molecule has 0 aliphatic rings. The van der Waals surface area contributed by atoms with Crippen molar-refractivity contribution in [2.24, 2.45) is 0 Å². The molecule has 0 amide bonds. The van der Waals surface area contributed by atoms with Gasteiger partial charge >= 0.3 is 12.1 Å². The van der Waals surface area contributed by atoms with Gasteiger partial charge in [0, 0.05) is 6.20 Å². The number of rotatable bonds is 4.